The van der Waals surface area contributed by atoms with Crippen LogP contribution in [0.3, 0.4) is 0 Å². The second kappa shape index (κ2) is 8.22. The number of aliphatic hydroxyl groups is 1. The van der Waals surface area contributed by atoms with Crippen molar-refractivity contribution in [3.05, 3.63) is 53.6 Å². The lowest BCUT2D eigenvalue weighted by Crippen LogP contribution is -2.58. The largest absolute Gasteiger partial charge is 0.465 e. The maximum atomic E-state index is 14.1. The lowest BCUT2D eigenvalue weighted by molar-refractivity contribution is -0.160. The van der Waals surface area contributed by atoms with Crippen molar-refractivity contribution in [3.63, 3.8) is 0 Å². The number of hydrogen-bond acceptors (Lipinski definition) is 6. The van der Waals surface area contributed by atoms with Crippen LogP contribution in [0.15, 0.2) is 48.6 Å². The van der Waals surface area contributed by atoms with Crippen LogP contribution in [0.5, 0.6) is 0 Å². The number of rotatable bonds is 3. The SMILES string of the molecule is C[C@H](CO)N1C(=O)[C@@H]2[C@@H]3C(=O)OCCC=C[C@]3(C)O[C@@]23C=CCN(c2ccc(Cl)cc2)C(=O)C13. The number of amides is 2. The average molecular weight is 487 g/mol. The number of aliphatic hydroxyl groups excluding tert-OH is 1. The monoisotopic (exact) mass is 486 g/mol. The average Bonchev–Trinajstić information content (AvgIpc) is 3.13. The van der Waals surface area contributed by atoms with Crippen molar-refractivity contribution in [1.29, 1.82) is 0 Å². The summed E-state index contributed by atoms with van der Waals surface area (Å²) in [6, 6.07) is 5.16. The van der Waals surface area contributed by atoms with Crippen LogP contribution in [-0.4, -0.2) is 70.8 Å². The molecule has 1 aromatic carbocycles. The number of cyclic esters (lactones) is 1. The Balaban J connectivity index is 1.67. The summed E-state index contributed by atoms with van der Waals surface area (Å²) in [6.45, 7) is 3.57. The van der Waals surface area contributed by atoms with Gasteiger partial charge in [-0.15, -0.1) is 0 Å². The van der Waals surface area contributed by atoms with Crippen LogP contribution in [0.1, 0.15) is 20.3 Å². The first-order chi connectivity index (χ1) is 16.2. The molecule has 1 aromatic rings. The molecule has 0 aromatic heterocycles. The summed E-state index contributed by atoms with van der Waals surface area (Å²) < 4.78 is 12.1. The van der Waals surface area contributed by atoms with Gasteiger partial charge in [0, 0.05) is 17.3 Å². The van der Waals surface area contributed by atoms with Crippen LogP contribution in [0.25, 0.3) is 0 Å². The van der Waals surface area contributed by atoms with Gasteiger partial charge in [0.05, 0.1) is 30.8 Å². The van der Waals surface area contributed by atoms with Gasteiger partial charge < -0.3 is 24.4 Å². The molecule has 0 radical (unpaired) electrons. The second-order valence-corrected chi connectivity index (χ2v) is 9.90. The molecule has 4 aliphatic rings. The van der Waals surface area contributed by atoms with Gasteiger partial charge in [0.1, 0.15) is 17.6 Å². The van der Waals surface area contributed by atoms with Crippen molar-refractivity contribution in [2.45, 2.75) is 43.6 Å². The van der Waals surface area contributed by atoms with Crippen molar-refractivity contribution >= 4 is 35.1 Å². The predicted octanol–water partition coefficient (Wildman–Crippen LogP) is 2.10. The highest BCUT2D eigenvalue weighted by atomic mass is 35.5. The Hall–Kier alpha value is -2.68. The quantitative estimate of drug-likeness (QED) is 0.519. The zero-order chi connectivity index (χ0) is 24.3. The highest BCUT2D eigenvalue weighted by Crippen LogP contribution is 2.57. The number of carbonyl (C=O) groups excluding carboxylic acids is 3. The van der Waals surface area contributed by atoms with Gasteiger partial charge in [-0.2, -0.15) is 0 Å². The number of anilines is 1. The molecule has 1 spiro atoms. The van der Waals surface area contributed by atoms with Gasteiger partial charge in [0.2, 0.25) is 5.91 Å². The molecule has 1 N–H and O–H groups in total. The molecule has 0 saturated carbocycles. The molecule has 2 fully saturated rings. The lowest BCUT2D eigenvalue weighted by atomic mass is 9.74. The van der Waals surface area contributed by atoms with Gasteiger partial charge in [-0.25, -0.2) is 0 Å². The third-order valence-electron chi connectivity index (χ3n) is 7.33. The number of hydrogen-bond donors (Lipinski definition) is 1. The molecule has 8 nitrogen and oxygen atoms in total. The van der Waals surface area contributed by atoms with Crippen molar-refractivity contribution in [1.82, 2.24) is 4.90 Å². The normalized spacial score (nSPS) is 35.8. The third kappa shape index (κ3) is 3.23. The minimum absolute atomic E-state index is 0.217. The fourth-order valence-corrected chi connectivity index (χ4v) is 5.97. The molecular weight excluding hydrogens is 460 g/mol. The van der Waals surface area contributed by atoms with Crippen LogP contribution in [0.2, 0.25) is 5.02 Å². The van der Waals surface area contributed by atoms with Crippen molar-refractivity contribution in [2.24, 2.45) is 11.8 Å². The van der Waals surface area contributed by atoms with E-state index in [9.17, 15) is 19.5 Å². The molecule has 9 heteroatoms. The summed E-state index contributed by atoms with van der Waals surface area (Å²) in [5, 5.41) is 10.5. The van der Waals surface area contributed by atoms with Crippen LogP contribution < -0.4 is 4.90 Å². The molecule has 2 saturated heterocycles. The Bertz CT molecular complexity index is 1090. The number of benzene rings is 1. The summed E-state index contributed by atoms with van der Waals surface area (Å²) in [5.74, 6) is -3.15. The molecule has 2 amide bonds. The van der Waals surface area contributed by atoms with E-state index in [1.54, 1.807) is 55.2 Å². The van der Waals surface area contributed by atoms with E-state index in [-0.39, 0.29) is 25.7 Å². The Morgan fingerprint density at radius 1 is 1.12 bits per heavy atom. The van der Waals surface area contributed by atoms with Gasteiger partial charge >= 0.3 is 5.97 Å². The summed E-state index contributed by atoms with van der Waals surface area (Å²) in [7, 11) is 0. The Morgan fingerprint density at radius 3 is 2.56 bits per heavy atom. The first kappa shape index (κ1) is 23.1. The smallest absolute Gasteiger partial charge is 0.313 e. The molecule has 0 bridgehead atoms. The van der Waals surface area contributed by atoms with E-state index in [4.69, 9.17) is 21.1 Å². The van der Waals surface area contributed by atoms with Crippen LogP contribution in [-0.2, 0) is 23.9 Å². The molecule has 4 aliphatic heterocycles. The number of nitrogens with zero attached hydrogens (tertiary/aromatic N) is 2. The third-order valence-corrected chi connectivity index (χ3v) is 7.59. The standard InChI is InChI=1S/C25H27ClN2O6/c1-15(14-29)28-20-22(31)27(17-8-6-16(26)7-9-17)12-5-11-25(20)18(21(28)30)19-23(32)33-13-4-3-10-24(19,2)34-25/h3,5-11,15,18-20,29H,4,12-14H2,1-2H3/t15-,18+,19-,20?,24+,25+/m1/s1. The van der Waals surface area contributed by atoms with Crippen LogP contribution >= 0.6 is 11.6 Å². The van der Waals surface area contributed by atoms with Crippen molar-refractivity contribution < 1.29 is 29.0 Å². The van der Waals surface area contributed by atoms with Crippen molar-refractivity contribution in [3.8, 4) is 0 Å². The number of fused-ring (bicyclic) bond motifs is 2. The molecule has 34 heavy (non-hydrogen) atoms. The topological polar surface area (TPSA) is 96.4 Å². The number of ether oxygens (including phenoxy) is 2. The van der Waals surface area contributed by atoms with Gasteiger partial charge in [-0.3, -0.25) is 14.4 Å². The Kier molecular flexibility index (Phi) is 5.58. The van der Waals surface area contributed by atoms with Gasteiger partial charge in [-0.1, -0.05) is 35.9 Å². The number of esters is 1. The van der Waals surface area contributed by atoms with E-state index < -0.39 is 47.0 Å². The maximum absolute atomic E-state index is 14.1. The van der Waals surface area contributed by atoms with Gasteiger partial charge in [-0.05, 0) is 44.5 Å². The van der Waals surface area contributed by atoms with E-state index in [1.807, 2.05) is 12.2 Å². The summed E-state index contributed by atoms with van der Waals surface area (Å²) in [6.07, 6.45) is 7.80. The first-order valence-corrected chi connectivity index (χ1v) is 11.8. The molecular formula is C25H27ClN2O6. The zero-order valence-corrected chi connectivity index (χ0v) is 19.8. The summed E-state index contributed by atoms with van der Waals surface area (Å²) >= 11 is 6.04. The number of carbonyl (C=O) groups is 3. The molecule has 6 atom stereocenters. The predicted molar refractivity (Wildman–Crippen MR) is 124 cm³/mol. The van der Waals surface area contributed by atoms with Gasteiger partial charge in [0.15, 0.2) is 0 Å². The zero-order valence-electron chi connectivity index (χ0n) is 19.0. The molecule has 180 valence electrons. The van der Waals surface area contributed by atoms with Crippen molar-refractivity contribution in [2.75, 3.05) is 24.7 Å². The summed E-state index contributed by atoms with van der Waals surface area (Å²) in [4.78, 5) is 44.1. The second-order valence-electron chi connectivity index (χ2n) is 9.46. The Morgan fingerprint density at radius 2 is 1.85 bits per heavy atom. The molecule has 5 rings (SSSR count). The van der Waals surface area contributed by atoms with E-state index in [0.717, 1.165) is 0 Å². The number of halogens is 1. The Labute approximate surface area is 202 Å². The molecule has 4 heterocycles. The van der Waals surface area contributed by atoms with Crippen LogP contribution in [0.4, 0.5) is 5.69 Å². The summed E-state index contributed by atoms with van der Waals surface area (Å²) in [5.41, 5.74) is -1.88. The van der Waals surface area contributed by atoms with E-state index in [2.05, 4.69) is 0 Å². The highest BCUT2D eigenvalue weighted by molar-refractivity contribution is 6.30. The lowest BCUT2D eigenvalue weighted by Gasteiger charge is -2.39. The highest BCUT2D eigenvalue weighted by Gasteiger charge is 2.75. The maximum Gasteiger partial charge on any atom is 0.313 e. The van der Waals surface area contributed by atoms with E-state index >= 15 is 0 Å². The molecule has 0 aliphatic carbocycles. The fourth-order valence-electron chi connectivity index (χ4n) is 5.84. The first-order valence-electron chi connectivity index (χ1n) is 11.5. The fraction of sp³-hybridized carbons (Fsp3) is 0.480. The molecule has 1 unspecified atom stereocenters. The van der Waals surface area contributed by atoms with Gasteiger partial charge in [0.25, 0.3) is 5.91 Å². The van der Waals surface area contributed by atoms with E-state index in [1.165, 1.54) is 4.90 Å². The minimum atomic E-state index is -1.38. The minimum Gasteiger partial charge on any atom is -0.465 e. The van der Waals surface area contributed by atoms with E-state index in [0.29, 0.717) is 17.1 Å². The van der Waals surface area contributed by atoms with Crippen LogP contribution in [0, 0.1) is 11.8 Å². The number of likely N-dealkylation sites (tertiary alicyclic amines) is 1.